The van der Waals surface area contributed by atoms with Gasteiger partial charge in [0.25, 0.3) is 10.2 Å². The Bertz CT molecular complexity index is 269. The maximum Gasteiger partial charge on any atom is 0.318 e. The lowest BCUT2D eigenvalue weighted by atomic mass is 10.7. The summed E-state index contributed by atoms with van der Waals surface area (Å²) in [5.74, 6) is -1.20. The van der Waals surface area contributed by atoms with Gasteiger partial charge in [-0.15, -0.1) is 0 Å². The van der Waals surface area contributed by atoms with Gasteiger partial charge in [0.1, 0.15) is 6.54 Å². The van der Waals surface area contributed by atoms with E-state index in [2.05, 4.69) is 4.72 Å². The molecule has 1 saturated carbocycles. The third-order valence-electron chi connectivity index (χ3n) is 1.31. The topological polar surface area (TPSA) is 95.5 Å². The van der Waals surface area contributed by atoms with Gasteiger partial charge in [-0.05, 0) is 12.8 Å². The molecule has 0 unspecified atom stereocenters. The van der Waals surface area contributed by atoms with Gasteiger partial charge in [-0.2, -0.15) is 17.9 Å². The Hall–Kier alpha value is -0.660. The van der Waals surface area contributed by atoms with E-state index >= 15 is 0 Å². The van der Waals surface area contributed by atoms with Gasteiger partial charge in [0.15, 0.2) is 0 Å². The molecule has 0 amide bonds. The molecule has 1 aliphatic carbocycles. The summed E-state index contributed by atoms with van der Waals surface area (Å²) in [4.78, 5) is 9.99. The summed E-state index contributed by atoms with van der Waals surface area (Å²) in [6.07, 6.45) is 1.65. The van der Waals surface area contributed by atoms with Crippen LogP contribution in [-0.2, 0) is 15.0 Å². The van der Waals surface area contributed by atoms with E-state index in [1.807, 2.05) is 4.72 Å². The fourth-order valence-corrected chi connectivity index (χ4v) is 1.69. The summed E-state index contributed by atoms with van der Waals surface area (Å²) in [6, 6.07) is -0.00343. The number of rotatable bonds is 5. The highest BCUT2D eigenvalue weighted by molar-refractivity contribution is 7.87. The minimum atomic E-state index is -3.59. The van der Waals surface area contributed by atoms with E-state index in [4.69, 9.17) is 5.11 Å². The second kappa shape index (κ2) is 3.38. The molecule has 1 rings (SSSR count). The van der Waals surface area contributed by atoms with Crippen molar-refractivity contribution in [1.82, 2.24) is 9.44 Å². The van der Waals surface area contributed by atoms with Gasteiger partial charge in [0.2, 0.25) is 0 Å². The van der Waals surface area contributed by atoms with E-state index in [-0.39, 0.29) is 6.04 Å². The highest BCUT2D eigenvalue weighted by atomic mass is 32.2. The Morgan fingerprint density at radius 1 is 1.50 bits per heavy atom. The van der Waals surface area contributed by atoms with Crippen LogP contribution in [0.25, 0.3) is 0 Å². The van der Waals surface area contributed by atoms with E-state index in [9.17, 15) is 13.2 Å². The van der Waals surface area contributed by atoms with Crippen molar-refractivity contribution >= 4 is 16.2 Å². The van der Waals surface area contributed by atoms with Gasteiger partial charge < -0.3 is 5.11 Å². The molecule has 0 saturated heterocycles. The first-order chi connectivity index (χ1) is 5.49. The number of hydrogen-bond donors (Lipinski definition) is 3. The van der Waals surface area contributed by atoms with E-state index in [1.165, 1.54) is 0 Å². The smallest absolute Gasteiger partial charge is 0.318 e. The quantitative estimate of drug-likeness (QED) is 0.504. The van der Waals surface area contributed by atoms with Crippen LogP contribution in [0.3, 0.4) is 0 Å². The van der Waals surface area contributed by atoms with Crippen molar-refractivity contribution in [1.29, 1.82) is 0 Å². The first-order valence-corrected chi connectivity index (χ1v) is 4.96. The second-order valence-electron chi connectivity index (χ2n) is 2.61. The summed E-state index contributed by atoms with van der Waals surface area (Å²) in [7, 11) is -3.59. The fraction of sp³-hybridized carbons (Fsp3) is 0.800. The summed E-state index contributed by atoms with van der Waals surface area (Å²) in [5, 5.41) is 8.17. The van der Waals surface area contributed by atoms with Crippen LogP contribution in [0.2, 0.25) is 0 Å². The third-order valence-corrected chi connectivity index (χ3v) is 2.48. The molecule has 3 N–H and O–H groups in total. The molecule has 6 nitrogen and oxygen atoms in total. The van der Waals surface area contributed by atoms with Gasteiger partial charge in [-0.3, -0.25) is 4.79 Å². The summed E-state index contributed by atoms with van der Waals surface area (Å²) in [6.45, 7) is -0.581. The largest absolute Gasteiger partial charge is 0.480 e. The van der Waals surface area contributed by atoms with Crippen molar-refractivity contribution in [2.24, 2.45) is 0 Å². The molecule has 70 valence electrons. The molecule has 1 aliphatic rings. The third kappa shape index (κ3) is 3.65. The van der Waals surface area contributed by atoms with Crippen LogP contribution in [0.15, 0.2) is 0 Å². The first-order valence-electron chi connectivity index (χ1n) is 3.48. The summed E-state index contributed by atoms with van der Waals surface area (Å²) in [5.41, 5.74) is 0. The van der Waals surface area contributed by atoms with Gasteiger partial charge in [-0.1, -0.05) is 0 Å². The minimum absolute atomic E-state index is 0.00343. The molecule has 0 bridgehead atoms. The molecule has 0 heterocycles. The van der Waals surface area contributed by atoms with Gasteiger partial charge in [0, 0.05) is 6.04 Å². The Balaban J connectivity index is 2.31. The summed E-state index contributed by atoms with van der Waals surface area (Å²) < 4.78 is 26.0. The van der Waals surface area contributed by atoms with Crippen LogP contribution in [0.1, 0.15) is 12.8 Å². The van der Waals surface area contributed by atoms with Crippen LogP contribution in [0, 0.1) is 0 Å². The predicted molar refractivity (Wildman–Crippen MR) is 40.7 cm³/mol. The highest BCUT2D eigenvalue weighted by Crippen LogP contribution is 2.19. The Morgan fingerprint density at radius 2 is 2.08 bits per heavy atom. The van der Waals surface area contributed by atoms with Crippen molar-refractivity contribution in [2.45, 2.75) is 18.9 Å². The number of carboxylic acids is 1. The fourth-order valence-electron chi connectivity index (χ4n) is 0.619. The second-order valence-corrected chi connectivity index (χ2v) is 4.14. The lowest BCUT2D eigenvalue weighted by molar-refractivity contribution is -0.135. The maximum atomic E-state index is 10.9. The van der Waals surface area contributed by atoms with Gasteiger partial charge in [-0.25, -0.2) is 0 Å². The lowest BCUT2D eigenvalue weighted by Gasteiger charge is -2.03. The Morgan fingerprint density at radius 3 is 2.50 bits per heavy atom. The van der Waals surface area contributed by atoms with Crippen molar-refractivity contribution in [2.75, 3.05) is 6.54 Å². The standard InChI is InChI=1S/C5H10N2O4S/c8-5(9)3-6-12(10,11)7-4-1-2-4/h4,6-7H,1-3H2,(H,8,9). The zero-order valence-corrected chi connectivity index (χ0v) is 7.10. The zero-order chi connectivity index (χ0) is 9.19. The van der Waals surface area contributed by atoms with Crippen LogP contribution in [0.5, 0.6) is 0 Å². The number of carbonyl (C=O) groups is 1. The molecule has 1 fully saturated rings. The molecule has 0 spiro atoms. The van der Waals surface area contributed by atoms with Crippen molar-refractivity contribution in [3.8, 4) is 0 Å². The van der Waals surface area contributed by atoms with Crippen LogP contribution >= 0.6 is 0 Å². The van der Waals surface area contributed by atoms with Crippen molar-refractivity contribution in [3.05, 3.63) is 0 Å². The van der Waals surface area contributed by atoms with Gasteiger partial charge in [0.05, 0.1) is 0 Å². The van der Waals surface area contributed by atoms with E-state index in [0.29, 0.717) is 0 Å². The molecular weight excluding hydrogens is 184 g/mol. The van der Waals surface area contributed by atoms with E-state index in [0.717, 1.165) is 12.8 Å². The zero-order valence-electron chi connectivity index (χ0n) is 6.28. The average Bonchev–Trinajstić information content (AvgIpc) is 2.67. The number of aliphatic carboxylic acids is 1. The van der Waals surface area contributed by atoms with E-state index in [1.54, 1.807) is 0 Å². The number of hydrogen-bond acceptors (Lipinski definition) is 3. The molecule has 0 aromatic rings. The SMILES string of the molecule is O=C(O)CNS(=O)(=O)NC1CC1. The first kappa shape index (κ1) is 9.43. The predicted octanol–water partition coefficient (Wildman–Crippen LogP) is -1.34. The number of nitrogens with one attached hydrogen (secondary N) is 2. The van der Waals surface area contributed by atoms with Crippen LogP contribution < -0.4 is 9.44 Å². The molecule has 7 heteroatoms. The maximum absolute atomic E-state index is 10.9. The molecule has 0 aromatic carbocycles. The lowest BCUT2D eigenvalue weighted by Crippen LogP contribution is -2.40. The monoisotopic (exact) mass is 194 g/mol. The Kier molecular flexibility index (Phi) is 2.65. The molecule has 0 atom stereocenters. The van der Waals surface area contributed by atoms with E-state index < -0.39 is 22.7 Å². The normalized spacial score (nSPS) is 17.7. The van der Waals surface area contributed by atoms with Crippen LogP contribution in [0.4, 0.5) is 0 Å². The van der Waals surface area contributed by atoms with Crippen LogP contribution in [-0.4, -0.2) is 32.1 Å². The summed E-state index contributed by atoms with van der Waals surface area (Å²) >= 11 is 0. The minimum Gasteiger partial charge on any atom is -0.480 e. The Labute approximate surface area is 70.1 Å². The molecule has 0 radical (unpaired) electrons. The molecule has 12 heavy (non-hydrogen) atoms. The van der Waals surface area contributed by atoms with Crippen molar-refractivity contribution < 1.29 is 18.3 Å². The average molecular weight is 194 g/mol. The van der Waals surface area contributed by atoms with Gasteiger partial charge >= 0.3 is 5.97 Å². The highest BCUT2D eigenvalue weighted by Gasteiger charge is 2.26. The molecule has 0 aliphatic heterocycles. The number of carboxylic acid groups (broad SMARTS) is 1. The molecular formula is C5H10N2O4S. The van der Waals surface area contributed by atoms with Crippen molar-refractivity contribution in [3.63, 3.8) is 0 Å². The molecule has 0 aromatic heterocycles.